The van der Waals surface area contributed by atoms with Crippen molar-refractivity contribution in [3.63, 3.8) is 0 Å². The highest BCUT2D eigenvalue weighted by atomic mass is 16.3. The smallest absolute Gasteiger partial charge is 0.0540 e. The summed E-state index contributed by atoms with van der Waals surface area (Å²) in [5.74, 6) is 0. The number of aliphatic hydroxyl groups is 2. The lowest BCUT2D eigenvalue weighted by Gasteiger charge is -1.95. The minimum Gasteiger partial charge on any atom is -0.396 e. The van der Waals surface area contributed by atoms with E-state index in [9.17, 15) is 0 Å². The first-order valence-electron chi connectivity index (χ1n) is 6.60. The van der Waals surface area contributed by atoms with Gasteiger partial charge in [-0.05, 0) is 19.3 Å². The molecule has 0 spiro atoms. The van der Waals surface area contributed by atoms with Crippen LogP contribution in [0.25, 0.3) is 0 Å². The second-order valence-electron chi connectivity index (χ2n) is 4.43. The summed E-state index contributed by atoms with van der Waals surface area (Å²) in [5, 5.41) is 17.2. The molecule has 1 rings (SSSR count). The van der Waals surface area contributed by atoms with Crippen molar-refractivity contribution in [1.82, 2.24) is 0 Å². The summed E-state index contributed by atoms with van der Waals surface area (Å²) in [6, 6.07) is 0. The minimum atomic E-state index is 0.0463. The Labute approximate surface area is 94.7 Å². The molecule has 0 aliphatic heterocycles. The van der Waals surface area contributed by atoms with Gasteiger partial charge in [0.25, 0.3) is 0 Å². The zero-order valence-electron chi connectivity index (χ0n) is 10.2. The molecular weight excluding hydrogens is 188 g/mol. The maximum absolute atomic E-state index is 8.73. The summed E-state index contributed by atoms with van der Waals surface area (Å²) in [6.45, 7) is 2.58. The van der Waals surface area contributed by atoms with Crippen molar-refractivity contribution in [3.8, 4) is 0 Å². The fourth-order valence-electron chi connectivity index (χ4n) is 1.80. The highest BCUT2D eigenvalue weighted by molar-refractivity contribution is 4.63. The first kappa shape index (κ1) is 14.9. The quantitative estimate of drug-likeness (QED) is 0.669. The van der Waals surface area contributed by atoms with Gasteiger partial charge in [0.1, 0.15) is 0 Å². The lowest BCUT2D eigenvalue weighted by Crippen LogP contribution is -1.94. The van der Waals surface area contributed by atoms with Gasteiger partial charge in [0.05, 0.1) is 6.10 Å². The molecule has 0 radical (unpaired) electrons. The standard InChI is InChI=1S/C8H18O.C5H10O/c1-2-3-4-5-6-7-8-9;6-5-3-1-2-4-5/h9H,2-8H2,1H3;5-6H,1-4H2. The number of unbranched alkanes of at least 4 members (excludes halogenated alkanes) is 5. The lowest BCUT2D eigenvalue weighted by atomic mass is 10.1. The van der Waals surface area contributed by atoms with Crippen LogP contribution in [0.3, 0.4) is 0 Å². The minimum absolute atomic E-state index is 0.0463. The van der Waals surface area contributed by atoms with Crippen LogP contribution >= 0.6 is 0 Å². The molecular formula is C13H28O2. The van der Waals surface area contributed by atoms with Gasteiger partial charge in [0.2, 0.25) is 0 Å². The molecule has 0 aromatic heterocycles. The summed E-state index contributed by atoms with van der Waals surface area (Å²) in [5.41, 5.74) is 0. The Morgan fingerprint density at radius 2 is 1.47 bits per heavy atom. The predicted molar refractivity (Wildman–Crippen MR) is 64.9 cm³/mol. The van der Waals surface area contributed by atoms with E-state index in [4.69, 9.17) is 10.2 Å². The lowest BCUT2D eigenvalue weighted by molar-refractivity contribution is 0.183. The molecule has 0 bridgehead atoms. The largest absolute Gasteiger partial charge is 0.396 e. The average molecular weight is 216 g/mol. The van der Waals surface area contributed by atoms with Crippen LogP contribution < -0.4 is 0 Å². The van der Waals surface area contributed by atoms with E-state index in [1.807, 2.05) is 0 Å². The fraction of sp³-hybridized carbons (Fsp3) is 1.00. The molecule has 1 saturated carbocycles. The molecule has 0 heterocycles. The van der Waals surface area contributed by atoms with Gasteiger partial charge in [-0.2, -0.15) is 0 Å². The normalized spacial score (nSPS) is 16.2. The van der Waals surface area contributed by atoms with E-state index >= 15 is 0 Å². The maximum Gasteiger partial charge on any atom is 0.0540 e. The molecule has 0 atom stereocenters. The van der Waals surface area contributed by atoms with E-state index in [1.165, 1.54) is 44.9 Å². The Morgan fingerprint density at radius 1 is 0.933 bits per heavy atom. The zero-order valence-corrected chi connectivity index (χ0v) is 10.2. The summed E-state index contributed by atoms with van der Waals surface area (Å²) in [7, 11) is 0. The molecule has 15 heavy (non-hydrogen) atoms. The number of hydrogen-bond donors (Lipinski definition) is 2. The van der Waals surface area contributed by atoms with Crippen molar-refractivity contribution in [2.75, 3.05) is 6.61 Å². The Hall–Kier alpha value is -0.0800. The topological polar surface area (TPSA) is 40.5 Å². The van der Waals surface area contributed by atoms with Crippen molar-refractivity contribution in [3.05, 3.63) is 0 Å². The number of hydrogen-bond acceptors (Lipinski definition) is 2. The van der Waals surface area contributed by atoms with E-state index in [0.29, 0.717) is 6.61 Å². The van der Waals surface area contributed by atoms with Crippen LogP contribution in [0.2, 0.25) is 0 Å². The van der Waals surface area contributed by atoms with Gasteiger partial charge in [-0.3, -0.25) is 0 Å². The van der Waals surface area contributed by atoms with Crippen LogP contribution in [-0.2, 0) is 0 Å². The summed E-state index contributed by atoms with van der Waals surface area (Å²) in [4.78, 5) is 0. The van der Waals surface area contributed by atoms with Crippen LogP contribution in [0.5, 0.6) is 0 Å². The van der Waals surface area contributed by atoms with Crippen molar-refractivity contribution in [1.29, 1.82) is 0 Å². The SMILES string of the molecule is CCCCCCCCO.OC1CCCC1. The second-order valence-corrected chi connectivity index (χ2v) is 4.43. The molecule has 1 aliphatic carbocycles. The molecule has 0 unspecified atom stereocenters. The van der Waals surface area contributed by atoms with Gasteiger partial charge in [-0.25, -0.2) is 0 Å². The van der Waals surface area contributed by atoms with Crippen LogP contribution in [0, 0.1) is 0 Å². The highest BCUT2D eigenvalue weighted by Gasteiger charge is 2.09. The molecule has 1 aliphatic rings. The number of aliphatic hydroxyl groups excluding tert-OH is 2. The van der Waals surface area contributed by atoms with Crippen LogP contribution in [0.1, 0.15) is 71.1 Å². The monoisotopic (exact) mass is 216 g/mol. The summed E-state index contributed by atoms with van der Waals surface area (Å²) < 4.78 is 0. The molecule has 1 fully saturated rings. The first-order chi connectivity index (χ1) is 7.31. The Kier molecular flexibility index (Phi) is 11.9. The Balaban J connectivity index is 0.000000280. The third-order valence-electron chi connectivity index (χ3n) is 2.84. The first-order valence-corrected chi connectivity index (χ1v) is 6.60. The van der Waals surface area contributed by atoms with Crippen molar-refractivity contribution < 1.29 is 10.2 Å². The van der Waals surface area contributed by atoms with Crippen LogP contribution in [0.4, 0.5) is 0 Å². The predicted octanol–water partition coefficient (Wildman–Crippen LogP) is 3.26. The van der Waals surface area contributed by atoms with Gasteiger partial charge in [-0.15, -0.1) is 0 Å². The van der Waals surface area contributed by atoms with Crippen LogP contribution in [0.15, 0.2) is 0 Å². The van der Waals surface area contributed by atoms with Gasteiger partial charge >= 0.3 is 0 Å². The fourth-order valence-corrected chi connectivity index (χ4v) is 1.80. The summed E-state index contributed by atoms with van der Waals surface area (Å²) >= 11 is 0. The van der Waals surface area contributed by atoms with E-state index in [1.54, 1.807) is 0 Å². The van der Waals surface area contributed by atoms with E-state index in [0.717, 1.165) is 19.3 Å². The van der Waals surface area contributed by atoms with Gasteiger partial charge in [-0.1, -0.05) is 51.9 Å². The van der Waals surface area contributed by atoms with Crippen molar-refractivity contribution in [2.24, 2.45) is 0 Å². The second kappa shape index (κ2) is 12.0. The van der Waals surface area contributed by atoms with Gasteiger partial charge in [0, 0.05) is 6.61 Å². The van der Waals surface area contributed by atoms with Crippen molar-refractivity contribution in [2.45, 2.75) is 77.2 Å². The molecule has 2 heteroatoms. The van der Waals surface area contributed by atoms with Gasteiger partial charge in [0.15, 0.2) is 0 Å². The molecule has 0 saturated heterocycles. The molecule has 0 aromatic carbocycles. The zero-order chi connectivity index (χ0) is 11.4. The Bertz CT molecular complexity index is 103. The molecule has 92 valence electrons. The van der Waals surface area contributed by atoms with Crippen LogP contribution in [-0.4, -0.2) is 22.9 Å². The van der Waals surface area contributed by atoms with E-state index < -0.39 is 0 Å². The number of rotatable bonds is 6. The maximum atomic E-state index is 8.73. The van der Waals surface area contributed by atoms with E-state index in [2.05, 4.69) is 6.92 Å². The Morgan fingerprint density at radius 3 is 1.87 bits per heavy atom. The summed E-state index contributed by atoms with van der Waals surface area (Å²) in [6.07, 6.45) is 12.1. The molecule has 2 N–H and O–H groups in total. The molecule has 2 nitrogen and oxygen atoms in total. The molecule has 0 aromatic rings. The van der Waals surface area contributed by atoms with Crippen molar-refractivity contribution >= 4 is 0 Å². The average Bonchev–Trinajstić information content (AvgIpc) is 2.70. The molecule has 0 amide bonds. The third-order valence-corrected chi connectivity index (χ3v) is 2.84. The van der Waals surface area contributed by atoms with E-state index in [-0.39, 0.29) is 6.10 Å². The van der Waals surface area contributed by atoms with Gasteiger partial charge < -0.3 is 10.2 Å². The third kappa shape index (κ3) is 11.8. The highest BCUT2D eigenvalue weighted by Crippen LogP contribution is 2.16.